The van der Waals surface area contributed by atoms with E-state index in [-0.39, 0.29) is 5.78 Å². The minimum Gasteiger partial charge on any atom is -0.399 e. The maximum Gasteiger partial charge on any atom is 0.207 e. The van der Waals surface area contributed by atoms with Crippen molar-refractivity contribution in [1.82, 2.24) is 4.98 Å². The fourth-order valence-corrected chi connectivity index (χ4v) is 1.47. The van der Waals surface area contributed by atoms with E-state index in [2.05, 4.69) is 4.98 Å². The quantitative estimate of drug-likeness (QED) is 0.811. The highest BCUT2D eigenvalue weighted by atomic mass is 16.1. The second kappa shape index (κ2) is 7.22. The Balaban J connectivity index is 0.000000771. The van der Waals surface area contributed by atoms with Crippen LogP contribution in [0.5, 0.6) is 0 Å². The van der Waals surface area contributed by atoms with Crippen molar-refractivity contribution in [2.75, 3.05) is 0 Å². The molecule has 0 amide bonds. The zero-order chi connectivity index (χ0) is 13.4. The molecule has 94 valence electrons. The molecule has 0 spiro atoms. The Morgan fingerprint density at radius 1 is 1.33 bits per heavy atom. The van der Waals surface area contributed by atoms with E-state index in [0.717, 1.165) is 0 Å². The Morgan fingerprint density at radius 2 is 2.11 bits per heavy atom. The molecule has 0 bridgehead atoms. The zero-order valence-electron chi connectivity index (χ0n) is 10.8. The van der Waals surface area contributed by atoms with E-state index in [1.165, 1.54) is 0 Å². The number of pyridine rings is 1. The average Bonchev–Trinajstić information content (AvgIpc) is 2.66. The van der Waals surface area contributed by atoms with Crippen molar-refractivity contribution in [2.45, 2.75) is 20.3 Å². The minimum atomic E-state index is -0.0452. The molecule has 2 N–H and O–H groups in total. The Labute approximate surface area is 108 Å². The summed E-state index contributed by atoms with van der Waals surface area (Å²) in [7, 11) is 0. The molecule has 1 aromatic heterocycles. The van der Waals surface area contributed by atoms with Gasteiger partial charge in [0.15, 0.2) is 0 Å². The molecule has 1 aliphatic rings. The van der Waals surface area contributed by atoms with Crippen LogP contribution < -0.4 is 5.73 Å². The SMILES string of the molecule is CC.NC1=CCC(C(=O)c2ccccn2)=CC=C1. The van der Waals surface area contributed by atoms with Gasteiger partial charge in [-0.05, 0) is 24.6 Å². The van der Waals surface area contributed by atoms with Crippen molar-refractivity contribution in [3.05, 3.63) is 65.7 Å². The van der Waals surface area contributed by atoms with Crippen LogP contribution in [-0.2, 0) is 0 Å². The van der Waals surface area contributed by atoms with E-state index >= 15 is 0 Å². The van der Waals surface area contributed by atoms with E-state index in [1.54, 1.807) is 42.6 Å². The summed E-state index contributed by atoms with van der Waals surface area (Å²) >= 11 is 0. The second-order valence-corrected chi connectivity index (χ2v) is 3.50. The van der Waals surface area contributed by atoms with Crippen molar-refractivity contribution in [3.8, 4) is 0 Å². The molecule has 1 aliphatic carbocycles. The summed E-state index contributed by atoms with van der Waals surface area (Å²) in [6.45, 7) is 4.00. The van der Waals surface area contributed by atoms with Gasteiger partial charge in [-0.25, -0.2) is 0 Å². The summed E-state index contributed by atoms with van der Waals surface area (Å²) in [6.07, 6.45) is 9.34. The van der Waals surface area contributed by atoms with Gasteiger partial charge >= 0.3 is 0 Å². The van der Waals surface area contributed by atoms with E-state index in [1.807, 2.05) is 19.9 Å². The highest BCUT2D eigenvalue weighted by Gasteiger charge is 2.12. The summed E-state index contributed by atoms with van der Waals surface area (Å²) in [4.78, 5) is 16.1. The molecule has 3 nitrogen and oxygen atoms in total. The number of allylic oxidation sites excluding steroid dienone is 5. The molecule has 0 aromatic carbocycles. The van der Waals surface area contributed by atoms with Gasteiger partial charge in [0.1, 0.15) is 5.69 Å². The molecule has 0 atom stereocenters. The zero-order valence-corrected chi connectivity index (χ0v) is 10.8. The summed E-state index contributed by atoms with van der Waals surface area (Å²) in [5.74, 6) is -0.0452. The fourth-order valence-electron chi connectivity index (χ4n) is 1.47. The molecular weight excluding hydrogens is 224 g/mol. The largest absolute Gasteiger partial charge is 0.399 e. The maximum absolute atomic E-state index is 12.0. The van der Waals surface area contributed by atoms with Crippen molar-refractivity contribution < 1.29 is 4.79 Å². The number of hydrogen-bond donors (Lipinski definition) is 1. The van der Waals surface area contributed by atoms with E-state index in [4.69, 9.17) is 5.73 Å². The first-order valence-electron chi connectivity index (χ1n) is 6.06. The van der Waals surface area contributed by atoms with Gasteiger partial charge in [0.2, 0.25) is 5.78 Å². The molecule has 0 radical (unpaired) electrons. The van der Waals surface area contributed by atoms with Crippen LogP contribution >= 0.6 is 0 Å². The molecular formula is C15H18N2O. The Kier molecular flexibility index (Phi) is 5.58. The molecule has 1 aromatic rings. The van der Waals surface area contributed by atoms with Gasteiger partial charge in [-0.15, -0.1) is 0 Å². The third kappa shape index (κ3) is 3.70. The number of nitrogens with zero attached hydrogens (tertiary/aromatic N) is 1. The fraction of sp³-hybridized carbons (Fsp3) is 0.200. The highest BCUT2D eigenvalue weighted by molar-refractivity contribution is 6.07. The summed E-state index contributed by atoms with van der Waals surface area (Å²) < 4.78 is 0. The van der Waals surface area contributed by atoms with Crippen molar-refractivity contribution >= 4 is 5.78 Å². The van der Waals surface area contributed by atoms with Crippen LogP contribution in [0.4, 0.5) is 0 Å². The third-order valence-corrected chi connectivity index (χ3v) is 2.33. The average molecular weight is 242 g/mol. The first kappa shape index (κ1) is 13.9. The number of carbonyl (C=O) groups excluding carboxylic acids is 1. The van der Waals surface area contributed by atoms with Gasteiger partial charge in [-0.2, -0.15) is 0 Å². The van der Waals surface area contributed by atoms with Gasteiger partial charge in [0.25, 0.3) is 0 Å². The number of aromatic nitrogens is 1. The van der Waals surface area contributed by atoms with Crippen LogP contribution in [0.1, 0.15) is 30.8 Å². The lowest BCUT2D eigenvalue weighted by Gasteiger charge is -2.01. The van der Waals surface area contributed by atoms with Crippen molar-refractivity contribution in [2.24, 2.45) is 5.73 Å². The van der Waals surface area contributed by atoms with Crippen LogP contribution in [0.2, 0.25) is 0 Å². The van der Waals surface area contributed by atoms with Gasteiger partial charge in [-0.3, -0.25) is 9.78 Å². The molecule has 0 fully saturated rings. The second-order valence-electron chi connectivity index (χ2n) is 3.50. The molecule has 18 heavy (non-hydrogen) atoms. The minimum absolute atomic E-state index is 0.0452. The Hall–Kier alpha value is -2.16. The Bertz CT molecular complexity index is 482. The van der Waals surface area contributed by atoms with Gasteiger partial charge in [0, 0.05) is 17.5 Å². The molecule has 2 rings (SSSR count). The number of Topliss-reactive ketones (excluding diaryl/α,β-unsaturated/α-hetero) is 1. The predicted molar refractivity (Wildman–Crippen MR) is 74.0 cm³/mol. The summed E-state index contributed by atoms with van der Waals surface area (Å²) in [6, 6.07) is 5.30. The topological polar surface area (TPSA) is 56.0 Å². The lowest BCUT2D eigenvalue weighted by atomic mass is 10.0. The van der Waals surface area contributed by atoms with Crippen LogP contribution in [0.3, 0.4) is 0 Å². The normalized spacial score (nSPS) is 13.7. The number of rotatable bonds is 2. The van der Waals surface area contributed by atoms with Crippen molar-refractivity contribution in [1.29, 1.82) is 0 Å². The van der Waals surface area contributed by atoms with Crippen LogP contribution in [0.15, 0.2) is 60.0 Å². The highest BCUT2D eigenvalue weighted by Crippen LogP contribution is 2.14. The molecule has 0 saturated heterocycles. The summed E-state index contributed by atoms with van der Waals surface area (Å²) in [5, 5.41) is 0. The number of carbonyl (C=O) groups is 1. The Morgan fingerprint density at radius 3 is 2.78 bits per heavy atom. The van der Waals surface area contributed by atoms with Gasteiger partial charge in [0.05, 0.1) is 0 Å². The molecule has 0 unspecified atom stereocenters. The molecule has 0 saturated carbocycles. The van der Waals surface area contributed by atoms with Gasteiger partial charge in [-0.1, -0.05) is 38.1 Å². The standard InChI is InChI=1S/C13H12N2O.C2H6/c14-11-5-3-4-10(7-8-11)13(16)12-6-1-2-9-15-12;1-2/h1-6,8-9H,7,14H2;1-2H3. The molecule has 0 aliphatic heterocycles. The lowest BCUT2D eigenvalue weighted by molar-refractivity contribution is 0.102. The summed E-state index contributed by atoms with van der Waals surface area (Å²) in [5.41, 5.74) is 7.50. The van der Waals surface area contributed by atoms with Crippen molar-refractivity contribution in [3.63, 3.8) is 0 Å². The van der Waals surface area contributed by atoms with Crippen LogP contribution in [0.25, 0.3) is 0 Å². The maximum atomic E-state index is 12.0. The first-order chi connectivity index (χ1) is 8.77. The first-order valence-corrected chi connectivity index (χ1v) is 6.06. The monoisotopic (exact) mass is 242 g/mol. The smallest absolute Gasteiger partial charge is 0.207 e. The van der Waals surface area contributed by atoms with Crippen LogP contribution in [-0.4, -0.2) is 10.8 Å². The van der Waals surface area contributed by atoms with Crippen LogP contribution in [0, 0.1) is 0 Å². The lowest BCUT2D eigenvalue weighted by Crippen LogP contribution is -2.05. The van der Waals surface area contributed by atoms with E-state index < -0.39 is 0 Å². The number of nitrogens with two attached hydrogens (primary N) is 1. The van der Waals surface area contributed by atoms with E-state index in [9.17, 15) is 4.79 Å². The molecule has 1 heterocycles. The van der Waals surface area contributed by atoms with Gasteiger partial charge < -0.3 is 5.73 Å². The predicted octanol–water partition coefficient (Wildman–Crippen LogP) is 3.02. The molecule has 3 heteroatoms. The number of hydrogen-bond acceptors (Lipinski definition) is 3. The number of ketones is 1. The van der Waals surface area contributed by atoms with E-state index in [0.29, 0.717) is 23.4 Å². The third-order valence-electron chi connectivity index (χ3n) is 2.33.